The van der Waals surface area contributed by atoms with E-state index in [0.29, 0.717) is 0 Å². The van der Waals surface area contributed by atoms with E-state index >= 15 is 0 Å². The Kier molecular flexibility index (Phi) is 5.99. The Balaban J connectivity index is 2.56. The first-order chi connectivity index (χ1) is 11.3. The average Bonchev–Trinajstić information content (AvgIpc) is 2.50. The first-order valence-corrected chi connectivity index (χ1v) is 9.50. The lowest BCUT2D eigenvalue weighted by Gasteiger charge is -2.15. The van der Waals surface area contributed by atoms with Gasteiger partial charge in [-0.05, 0) is 41.1 Å². The highest BCUT2D eigenvalue weighted by atomic mass is 79.9. The van der Waals surface area contributed by atoms with E-state index in [1.54, 1.807) is 6.92 Å². The second-order valence-electron chi connectivity index (χ2n) is 4.42. The fourth-order valence-electron chi connectivity index (χ4n) is 1.85. The lowest BCUT2D eigenvalue weighted by atomic mass is 10.2. The van der Waals surface area contributed by atoms with Gasteiger partial charge in [0, 0.05) is 6.07 Å². The number of halogens is 3. The summed E-state index contributed by atoms with van der Waals surface area (Å²) in [5, 5.41) is 8.88. The van der Waals surface area contributed by atoms with Gasteiger partial charge in [-0.2, -0.15) is 13.7 Å². The van der Waals surface area contributed by atoms with E-state index in [4.69, 9.17) is 37.4 Å². The fraction of sp³-hybridized carbons (Fsp3) is 0.133. The van der Waals surface area contributed by atoms with Crippen molar-refractivity contribution in [2.45, 2.75) is 11.8 Å². The molecule has 5 nitrogen and oxygen atoms in total. The van der Waals surface area contributed by atoms with Crippen molar-refractivity contribution in [3.63, 3.8) is 0 Å². The summed E-state index contributed by atoms with van der Waals surface area (Å²) in [6, 6.07) is 9.05. The van der Waals surface area contributed by atoms with Gasteiger partial charge in [0.1, 0.15) is 4.90 Å². The van der Waals surface area contributed by atoms with Crippen LogP contribution in [-0.4, -0.2) is 15.0 Å². The van der Waals surface area contributed by atoms with Crippen LogP contribution in [0.3, 0.4) is 0 Å². The molecule has 2 aromatic rings. The van der Waals surface area contributed by atoms with Gasteiger partial charge in [0.2, 0.25) is 0 Å². The van der Waals surface area contributed by atoms with E-state index < -0.39 is 10.1 Å². The number of nitrogens with zero attached hydrogens (tertiary/aromatic N) is 1. The molecule has 0 atom stereocenters. The molecule has 0 heterocycles. The Morgan fingerprint density at radius 3 is 2.42 bits per heavy atom. The van der Waals surface area contributed by atoms with Crippen LogP contribution in [0.5, 0.6) is 11.5 Å². The van der Waals surface area contributed by atoms with Gasteiger partial charge in [-0.25, -0.2) is 0 Å². The Bertz CT molecular complexity index is 906. The molecule has 0 saturated heterocycles. The standard InChI is InChI=1S/C15H10BrCl2NO4S/c1-2-22-13-7-9(8-19)6-10(16)14(13)23-24(20,21)15-11(17)4-3-5-12(15)18/h3-7H,2H2,1H3. The smallest absolute Gasteiger partial charge is 0.342 e. The van der Waals surface area contributed by atoms with Gasteiger partial charge >= 0.3 is 10.1 Å². The summed E-state index contributed by atoms with van der Waals surface area (Å²) >= 11 is 15.1. The van der Waals surface area contributed by atoms with Gasteiger partial charge < -0.3 is 8.92 Å². The topological polar surface area (TPSA) is 76.4 Å². The first kappa shape index (κ1) is 18.9. The van der Waals surface area contributed by atoms with Crippen LogP contribution >= 0.6 is 39.1 Å². The van der Waals surface area contributed by atoms with E-state index in [-0.39, 0.29) is 43.1 Å². The second-order valence-corrected chi connectivity index (χ2v) is 7.57. The zero-order valence-corrected chi connectivity index (χ0v) is 16.1. The van der Waals surface area contributed by atoms with Gasteiger partial charge in [-0.3, -0.25) is 0 Å². The molecule has 0 unspecified atom stereocenters. The van der Waals surface area contributed by atoms with Crippen molar-refractivity contribution in [1.29, 1.82) is 5.26 Å². The molecule has 0 N–H and O–H groups in total. The minimum absolute atomic E-state index is 0.0646. The van der Waals surface area contributed by atoms with Crippen molar-refractivity contribution in [1.82, 2.24) is 0 Å². The third-order valence-corrected chi connectivity index (χ3v) is 5.57. The highest BCUT2D eigenvalue weighted by Gasteiger charge is 2.27. The molecule has 2 rings (SSSR count). The Morgan fingerprint density at radius 2 is 1.88 bits per heavy atom. The summed E-state index contributed by atoms with van der Waals surface area (Å²) in [4.78, 5) is -0.341. The van der Waals surface area contributed by atoms with E-state index in [0.717, 1.165) is 0 Å². The number of benzene rings is 2. The molecule has 0 saturated carbocycles. The lowest BCUT2D eigenvalue weighted by molar-refractivity contribution is 0.327. The monoisotopic (exact) mass is 449 g/mol. The van der Waals surface area contributed by atoms with Crippen molar-refractivity contribution < 1.29 is 17.3 Å². The van der Waals surface area contributed by atoms with Crippen molar-refractivity contribution in [2.75, 3.05) is 6.61 Å². The minimum atomic E-state index is -4.31. The molecule has 0 aliphatic carbocycles. The van der Waals surface area contributed by atoms with Gasteiger partial charge in [0.05, 0.1) is 32.8 Å². The molecule has 0 bridgehead atoms. The van der Waals surface area contributed by atoms with Crippen molar-refractivity contribution >= 4 is 49.2 Å². The van der Waals surface area contributed by atoms with Gasteiger partial charge in [0.25, 0.3) is 0 Å². The number of rotatable bonds is 5. The lowest BCUT2D eigenvalue weighted by Crippen LogP contribution is -2.12. The first-order valence-electron chi connectivity index (χ1n) is 6.55. The molecule has 0 amide bonds. The minimum Gasteiger partial charge on any atom is -0.490 e. The van der Waals surface area contributed by atoms with Crippen LogP contribution in [-0.2, 0) is 10.1 Å². The highest BCUT2D eigenvalue weighted by Crippen LogP contribution is 2.40. The third-order valence-electron chi connectivity index (χ3n) is 2.80. The summed E-state index contributed by atoms with van der Waals surface area (Å²) in [5.41, 5.74) is 0.283. The van der Waals surface area contributed by atoms with Crippen LogP contribution in [0.4, 0.5) is 0 Å². The van der Waals surface area contributed by atoms with Gasteiger partial charge in [-0.15, -0.1) is 0 Å². The molecule has 2 aromatic carbocycles. The molecule has 0 spiro atoms. The number of hydrogen-bond donors (Lipinski definition) is 0. The predicted molar refractivity (Wildman–Crippen MR) is 94.3 cm³/mol. The molecule has 126 valence electrons. The fourth-order valence-corrected chi connectivity index (χ4v) is 4.53. The van der Waals surface area contributed by atoms with Crippen molar-refractivity contribution in [3.8, 4) is 17.6 Å². The Labute approximate surface area is 158 Å². The van der Waals surface area contributed by atoms with E-state index in [9.17, 15) is 8.42 Å². The quantitative estimate of drug-likeness (QED) is 0.611. The Morgan fingerprint density at radius 1 is 1.25 bits per heavy atom. The molecule has 0 aliphatic heterocycles. The number of nitriles is 1. The molecular weight excluding hydrogens is 441 g/mol. The van der Waals surface area contributed by atoms with E-state index in [1.165, 1.54) is 30.3 Å². The maximum Gasteiger partial charge on any atom is 0.342 e. The second kappa shape index (κ2) is 7.62. The zero-order chi connectivity index (χ0) is 17.9. The van der Waals surface area contributed by atoms with Crippen LogP contribution in [0, 0.1) is 11.3 Å². The summed E-state index contributed by atoms with van der Waals surface area (Å²) in [6.07, 6.45) is 0. The maximum atomic E-state index is 12.6. The highest BCUT2D eigenvalue weighted by molar-refractivity contribution is 9.10. The van der Waals surface area contributed by atoms with E-state index in [2.05, 4.69) is 15.9 Å². The maximum absolute atomic E-state index is 12.6. The summed E-state index contributed by atoms with van der Waals surface area (Å²) in [6.45, 7) is 1.97. The molecule has 0 radical (unpaired) electrons. The zero-order valence-electron chi connectivity index (χ0n) is 12.2. The molecule has 0 aromatic heterocycles. The number of ether oxygens (including phenoxy) is 1. The largest absolute Gasteiger partial charge is 0.490 e. The third kappa shape index (κ3) is 3.95. The summed E-state index contributed by atoms with van der Waals surface area (Å²) < 4.78 is 35.9. The molecule has 9 heteroatoms. The predicted octanol–water partition coefficient (Wildman–Crippen LogP) is 4.79. The molecule has 0 aliphatic rings. The molecular formula is C15H10BrCl2NO4S. The SMILES string of the molecule is CCOc1cc(C#N)cc(Br)c1OS(=O)(=O)c1c(Cl)cccc1Cl. The normalized spacial score (nSPS) is 11.0. The van der Waals surface area contributed by atoms with Crippen LogP contribution in [0.2, 0.25) is 10.0 Å². The Hall–Kier alpha value is -1.46. The number of hydrogen-bond acceptors (Lipinski definition) is 5. The van der Waals surface area contributed by atoms with Crippen molar-refractivity contribution in [2.24, 2.45) is 0 Å². The van der Waals surface area contributed by atoms with E-state index in [1.807, 2.05) is 6.07 Å². The van der Waals surface area contributed by atoms with Crippen LogP contribution in [0.25, 0.3) is 0 Å². The van der Waals surface area contributed by atoms with Crippen LogP contribution in [0.15, 0.2) is 39.7 Å². The average molecular weight is 451 g/mol. The van der Waals surface area contributed by atoms with Crippen LogP contribution < -0.4 is 8.92 Å². The van der Waals surface area contributed by atoms with Gasteiger partial charge in [0.15, 0.2) is 11.5 Å². The molecule has 24 heavy (non-hydrogen) atoms. The summed E-state index contributed by atoms with van der Waals surface area (Å²) in [7, 11) is -4.31. The van der Waals surface area contributed by atoms with Crippen LogP contribution in [0.1, 0.15) is 12.5 Å². The summed E-state index contributed by atoms with van der Waals surface area (Å²) in [5.74, 6) is 0.0158. The van der Waals surface area contributed by atoms with Crippen molar-refractivity contribution in [3.05, 3.63) is 50.4 Å². The molecule has 0 fully saturated rings. The van der Waals surface area contributed by atoms with Gasteiger partial charge in [-0.1, -0.05) is 29.3 Å².